The number of aryl methyl sites for hydroxylation is 1. The summed E-state index contributed by atoms with van der Waals surface area (Å²) >= 11 is 0. The number of alkyl halides is 3. The van der Waals surface area contributed by atoms with Crippen molar-refractivity contribution in [3.8, 4) is 17.0 Å². The van der Waals surface area contributed by atoms with Crippen molar-refractivity contribution in [3.05, 3.63) is 113 Å². The fraction of sp³-hybridized carbons (Fsp3) is 0.111. The minimum Gasteiger partial charge on any atom is -0.388 e. The predicted octanol–water partition coefficient (Wildman–Crippen LogP) is 6.91. The molecule has 0 unspecified atom stereocenters. The number of hydrogen-bond donors (Lipinski definition) is 0. The van der Waals surface area contributed by atoms with Gasteiger partial charge in [-0.05, 0) is 35.6 Å². The van der Waals surface area contributed by atoms with Gasteiger partial charge in [0.25, 0.3) is 0 Å². The lowest BCUT2D eigenvalue weighted by molar-refractivity contribution is -0.276. The Morgan fingerprint density at radius 3 is 2.06 bits per heavy atom. The van der Waals surface area contributed by atoms with Crippen LogP contribution in [0.5, 0.6) is 5.88 Å². The molecule has 0 aliphatic heterocycles. The molecule has 1 heterocycles. The Bertz CT molecular complexity index is 1280. The molecule has 0 amide bonds. The first-order valence-corrected chi connectivity index (χ1v) is 10.5. The molecular weight excluding hydrogens is 425 g/mol. The molecule has 6 heteroatoms. The van der Waals surface area contributed by atoms with E-state index in [9.17, 15) is 13.2 Å². The van der Waals surface area contributed by atoms with Gasteiger partial charge in [0.15, 0.2) is 0 Å². The normalized spacial score (nSPS) is 12.5. The molecule has 0 spiro atoms. The number of rotatable bonds is 5. The summed E-state index contributed by atoms with van der Waals surface area (Å²) in [6.45, 7) is 0. The number of hydrogen-bond acceptors (Lipinski definition) is 3. The Kier molecular flexibility index (Phi) is 5.42. The summed E-state index contributed by atoms with van der Waals surface area (Å²) in [6, 6.07) is 26.7. The molecule has 1 aliphatic carbocycles. The molecule has 1 aromatic heterocycles. The lowest BCUT2D eigenvalue weighted by Crippen LogP contribution is -2.17. The highest BCUT2D eigenvalue weighted by Crippen LogP contribution is 2.42. The van der Waals surface area contributed by atoms with E-state index in [1.165, 1.54) is 17.8 Å². The third-order valence-corrected chi connectivity index (χ3v) is 5.61. The zero-order valence-electron chi connectivity index (χ0n) is 17.5. The zero-order valence-corrected chi connectivity index (χ0v) is 17.5. The summed E-state index contributed by atoms with van der Waals surface area (Å²) in [5.74, 6) is -0.496. The molecule has 0 radical (unpaired) electrons. The van der Waals surface area contributed by atoms with Gasteiger partial charge in [-0.1, -0.05) is 72.8 Å². The Labute approximate surface area is 189 Å². The van der Waals surface area contributed by atoms with E-state index >= 15 is 0 Å². The van der Waals surface area contributed by atoms with E-state index in [2.05, 4.69) is 9.72 Å². The highest BCUT2D eigenvalue weighted by atomic mass is 19.4. The average molecular weight is 444 g/mol. The average Bonchev–Trinajstić information content (AvgIpc) is 2.78. The van der Waals surface area contributed by atoms with Gasteiger partial charge in [-0.2, -0.15) is 0 Å². The van der Waals surface area contributed by atoms with Crippen LogP contribution in [0.1, 0.15) is 22.3 Å². The van der Waals surface area contributed by atoms with Crippen LogP contribution < -0.4 is 4.74 Å². The summed E-state index contributed by atoms with van der Waals surface area (Å²) in [7, 11) is 0. The van der Waals surface area contributed by atoms with Crippen molar-refractivity contribution in [1.82, 2.24) is 4.98 Å². The highest BCUT2D eigenvalue weighted by molar-refractivity contribution is 6.14. The van der Waals surface area contributed by atoms with Crippen LogP contribution in [0.3, 0.4) is 0 Å². The maximum Gasteiger partial charge on any atom is 0.574 e. The van der Waals surface area contributed by atoms with Crippen molar-refractivity contribution in [2.24, 2.45) is 4.99 Å². The van der Waals surface area contributed by atoms with Gasteiger partial charge in [0.1, 0.15) is 0 Å². The fourth-order valence-electron chi connectivity index (χ4n) is 3.99. The van der Waals surface area contributed by atoms with Gasteiger partial charge in [0.05, 0.1) is 11.4 Å². The monoisotopic (exact) mass is 444 g/mol. The SMILES string of the molecule is FC(F)(F)Oc1cc(-c2ccc3c(c2N=C(c2ccccc2)c2ccccc2)CC3)ccn1. The van der Waals surface area contributed by atoms with E-state index in [4.69, 9.17) is 4.99 Å². The van der Waals surface area contributed by atoms with Gasteiger partial charge in [-0.25, -0.2) is 9.98 Å². The summed E-state index contributed by atoms with van der Waals surface area (Å²) in [5.41, 5.74) is 7.13. The molecule has 5 rings (SSSR count). The van der Waals surface area contributed by atoms with Gasteiger partial charge < -0.3 is 4.74 Å². The number of aliphatic imine (C=N–C) groups is 1. The summed E-state index contributed by atoms with van der Waals surface area (Å²) in [4.78, 5) is 8.84. The number of ether oxygens (including phenoxy) is 1. The summed E-state index contributed by atoms with van der Waals surface area (Å²) < 4.78 is 42.3. The number of halogens is 3. The van der Waals surface area contributed by atoms with E-state index in [1.54, 1.807) is 6.07 Å². The first kappa shape index (κ1) is 20.9. The van der Waals surface area contributed by atoms with Crippen LogP contribution in [0.2, 0.25) is 0 Å². The number of aromatic nitrogens is 1. The van der Waals surface area contributed by atoms with Crippen molar-refractivity contribution >= 4 is 11.4 Å². The predicted molar refractivity (Wildman–Crippen MR) is 122 cm³/mol. The molecule has 3 nitrogen and oxygen atoms in total. The molecule has 3 aromatic carbocycles. The van der Waals surface area contributed by atoms with Crippen LogP contribution in [0.4, 0.5) is 18.9 Å². The molecule has 0 fully saturated rings. The molecule has 1 aliphatic rings. The Morgan fingerprint density at radius 2 is 1.48 bits per heavy atom. The van der Waals surface area contributed by atoms with Crippen molar-refractivity contribution in [2.45, 2.75) is 19.2 Å². The van der Waals surface area contributed by atoms with Crippen molar-refractivity contribution in [1.29, 1.82) is 0 Å². The van der Waals surface area contributed by atoms with Crippen molar-refractivity contribution in [3.63, 3.8) is 0 Å². The quantitative estimate of drug-likeness (QED) is 0.313. The van der Waals surface area contributed by atoms with E-state index in [-0.39, 0.29) is 0 Å². The van der Waals surface area contributed by atoms with Gasteiger partial charge in [0, 0.05) is 29.0 Å². The molecule has 0 saturated carbocycles. The third-order valence-electron chi connectivity index (χ3n) is 5.61. The van der Waals surface area contributed by atoms with Crippen LogP contribution in [-0.2, 0) is 12.8 Å². The zero-order chi connectivity index (χ0) is 22.8. The molecule has 4 aromatic rings. The second-order valence-corrected chi connectivity index (χ2v) is 7.72. The fourth-order valence-corrected chi connectivity index (χ4v) is 3.99. The number of pyridine rings is 1. The minimum atomic E-state index is -4.80. The molecule has 0 saturated heterocycles. The second-order valence-electron chi connectivity index (χ2n) is 7.72. The topological polar surface area (TPSA) is 34.5 Å². The van der Waals surface area contributed by atoms with Gasteiger partial charge in [-0.3, -0.25) is 0 Å². The van der Waals surface area contributed by atoms with Crippen LogP contribution in [0, 0.1) is 0 Å². The maximum atomic E-state index is 12.7. The highest BCUT2D eigenvalue weighted by Gasteiger charge is 2.32. The van der Waals surface area contributed by atoms with Gasteiger partial charge in [0.2, 0.25) is 5.88 Å². The Hall–Kier alpha value is -3.93. The van der Waals surface area contributed by atoms with Crippen LogP contribution >= 0.6 is 0 Å². The van der Waals surface area contributed by atoms with E-state index in [1.807, 2.05) is 72.8 Å². The maximum absolute atomic E-state index is 12.7. The summed E-state index contributed by atoms with van der Waals surface area (Å²) in [6.07, 6.45) is -1.65. The smallest absolute Gasteiger partial charge is 0.388 e. The van der Waals surface area contributed by atoms with Gasteiger partial charge in [-0.15, -0.1) is 13.2 Å². The Balaban J connectivity index is 1.68. The standard InChI is InChI=1S/C27H19F3N2O/c28-27(29,30)33-24-17-21(15-16-31-24)23-14-12-18-11-13-22(18)26(23)32-25(19-7-3-1-4-8-19)20-9-5-2-6-10-20/h1-10,12,14-17H,11,13H2. The minimum absolute atomic E-state index is 0.496. The first-order chi connectivity index (χ1) is 16.0. The Morgan fingerprint density at radius 1 is 0.818 bits per heavy atom. The first-order valence-electron chi connectivity index (χ1n) is 10.5. The van der Waals surface area contributed by atoms with Crippen molar-refractivity contribution < 1.29 is 17.9 Å². The van der Waals surface area contributed by atoms with E-state index in [0.29, 0.717) is 5.56 Å². The lowest BCUT2D eigenvalue weighted by atomic mass is 9.84. The van der Waals surface area contributed by atoms with E-state index < -0.39 is 12.2 Å². The molecule has 33 heavy (non-hydrogen) atoms. The number of fused-ring (bicyclic) bond motifs is 1. The van der Waals surface area contributed by atoms with Gasteiger partial charge >= 0.3 is 6.36 Å². The molecule has 0 bridgehead atoms. The van der Waals surface area contributed by atoms with Crippen LogP contribution in [0.15, 0.2) is 96.1 Å². The molecule has 0 atom stereocenters. The van der Waals surface area contributed by atoms with Crippen LogP contribution in [0.25, 0.3) is 11.1 Å². The number of benzene rings is 3. The lowest BCUT2D eigenvalue weighted by Gasteiger charge is -2.24. The molecular formula is C27H19F3N2O. The van der Waals surface area contributed by atoms with Crippen LogP contribution in [-0.4, -0.2) is 17.1 Å². The second kappa shape index (κ2) is 8.54. The molecule has 164 valence electrons. The van der Waals surface area contributed by atoms with E-state index in [0.717, 1.165) is 46.5 Å². The number of nitrogens with zero attached hydrogens (tertiary/aromatic N) is 2. The third kappa shape index (κ3) is 4.51. The summed E-state index contributed by atoms with van der Waals surface area (Å²) in [5, 5.41) is 0. The van der Waals surface area contributed by atoms with Crippen molar-refractivity contribution in [2.75, 3.05) is 0 Å². The largest absolute Gasteiger partial charge is 0.574 e. The molecule has 0 N–H and O–H groups in total.